The minimum absolute atomic E-state index is 0.0280. The Morgan fingerprint density at radius 1 is 1.20 bits per heavy atom. The quantitative estimate of drug-likeness (QED) is 0.753. The number of nitrogens with one attached hydrogen (secondary N) is 1. The lowest BCUT2D eigenvalue weighted by Gasteiger charge is -2.27. The first-order valence-electron chi connectivity index (χ1n) is 5.28. The van der Waals surface area contributed by atoms with Crippen LogP contribution in [0.4, 0.5) is 13.2 Å². The SMILES string of the molecule is CCNC(CC)C(C)OC(C)C(F)(F)F. The lowest BCUT2D eigenvalue weighted by atomic mass is 10.1. The minimum Gasteiger partial charge on any atom is -0.365 e. The summed E-state index contributed by atoms with van der Waals surface area (Å²) in [6.07, 6.45) is -5.68. The number of hydrogen-bond acceptors (Lipinski definition) is 2. The molecule has 0 aliphatic heterocycles. The summed E-state index contributed by atoms with van der Waals surface area (Å²) in [4.78, 5) is 0. The van der Waals surface area contributed by atoms with Crippen LogP contribution in [0.25, 0.3) is 0 Å². The van der Waals surface area contributed by atoms with E-state index in [1.807, 2.05) is 13.8 Å². The maximum absolute atomic E-state index is 12.2. The van der Waals surface area contributed by atoms with Gasteiger partial charge in [-0.3, -0.25) is 0 Å². The number of likely N-dealkylation sites (N-methyl/N-ethyl adjacent to an activating group) is 1. The van der Waals surface area contributed by atoms with Gasteiger partial charge in [-0.25, -0.2) is 0 Å². The fourth-order valence-electron chi connectivity index (χ4n) is 1.40. The molecule has 0 aromatic heterocycles. The van der Waals surface area contributed by atoms with Crippen LogP contribution in [0, 0.1) is 0 Å². The number of alkyl halides is 3. The van der Waals surface area contributed by atoms with Crippen molar-refractivity contribution in [2.45, 2.75) is 58.5 Å². The van der Waals surface area contributed by atoms with Gasteiger partial charge in [0, 0.05) is 6.04 Å². The highest BCUT2D eigenvalue weighted by Gasteiger charge is 2.38. The molecule has 0 aliphatic rings. The van der Waals surface area contributed by atoms with Crippen LogP contribution in [0.15, 0.2) is 0 Å². The average molecular weight is 227 g/mol. The predicted molar refractivity (Wildman–Crippen MR) is 53.8 cm³/mol. The van der Waals surface area contributed by atoms with Gasteiger partial charge in [0.15, 0.2) is 6.10 Å². The highest BCUT2D eigenvalue weighted by molar-refractivity contribution is 4.74. The van der Waals surface area contributed by atoms with E-state index in [0.29, 0.717) is 0 Å². The standard InChI is InChI=1S/C10H20F3NO/c1-5-9(14-6-2)7(3)15-8(4)10(11,12)13/h7-9,14H,5-6H2,1-4H3. The summed E-state index contributed by atoms with van der Waals surface area (Å²) in [7, 11) is 0. The van der Waals surface area contributed by atoms with Crippen molar-refractivity contribution in [1.29, 1.82) is 0 Å². The van der Waals surface area contributed by atoms with Crippen LogP contribution in [0.2, 0.25) is 0 Å². The van der Waals surface area contributed by atoms with Crippen LogP contribution < -0.4 is 5.32 Å². The summed E-state index contributed by atoms with van der Waals surface area (Å²) < 4.78 is 41.6. The van der Waals surface area contributed by atoms with E-state index in [2.05, 4.69) is 5.32 Å². The minimum atomic E-state index is -4.28. The Morgan fingerprint density at radius 2 is 1.73 bits per heavy atom. The van der Waals surface area contributed by atoms with E-state index < -0.39 is 18.4 Å². The van der Waals surface area contributed by atoms with Gasteiger partial charge in [0.05, 0.1) is 6.10 Å². The summed E-state index contributed by atoms with van der Waals surface area (Å²) in [6.45, 7) is 7.27. The normalized spacial score (nSPS) is 18.6. The molecule has 3 atom stereocenters. The Kier molecular flexibility index (Phi) is 6.20. The van der Waals surface area contributed by atoms with Gasteiger partial charge in [-0.15, -0.1) is 0 Å². The summed E-state index contributed by atoms with van der Waals surface area (Å²) in [5.41, 5.74) is 0. The van der Waals surface area contributed by atoms with Crippen molar-refractivity contribution in [1.82, 2.24) is 5.32 Å². The predicted octanol–water partition coefficient (Wildman–Crippen LogP) is 2.73. The second-order valence-corrected chi connectivity index (χ2v) is 3.60. The van der Waals surface area contributed by atoms with Crippen molar-refractivity contribution in [2.75, 3.05) is 6.54 Å². The Morgan fingerprint density at radius 3 is 2.07 bits per heavy atom. The van der Waals surface area contributed by atoms with Crippen LogP contribution in [-0.2, 0) is 4.74 Å². The topological polar surface area (TPSA) is 21.3 Å². The number of halogens is 3. The maximum Gasteiger partial charge on any atom is 0.414 e. The molecule has 0 rings (SSSR count). The van der Waals surface area contributed by atoms with Gasteiger partial charge in [0.25, 0.3) is 0 Å². The molecule has 0 aromatic rings. The lowest BCUT2D eigenvalue weighted by molar-refractivity contribution is -0.227. The third-order valence-corrected chi connectivity index (χ3v) is 2.35. The van der Waals surface area contributed by atoms with Crippen molar-refractivity contribution in [3.05, 3.63) is 0 Å². The molecule has 15 heavy (non-hydrogen) atoms. The average Bonchev–Trinajstić information content (AvgIpc) is 2.12. The molecular weight excluding hydrogens is 207 g/mol. The Labute approximate surface area is 89.2 Å². The molecule has 0 fully saturated rings. The van der Waals surface area contributed by atoms with Gasteiger partial charge in [-0.1, -0.05) is 13.8 Å². The zero-order valence-electron chi connectivity index (χ0n) is 9.69. The molecular formula is C10H20F3NO. The van der Waals surface area contributed by atoms with E-state index in [1.54, 1.807) is 6.92 Å². The van der Waals surface area contributed by atoms with Crippen LogP contribution in [0.1, 0.15) is 34.1 Å². The largest absolute Gasteiger partial charge is 0.414 e. The van der Waals surface area contributed by atoms with Crippen molar-refractivity contribution in [3.63, 3.8) is 0 Å². The van der Waals surface area contributed by atoms with E-state index in [9.17, 15) is 13.2 Å². The Hall–Kier alpha value is -0.290. The first-order chi connectivity index (χ1) is 6.82. The highest BCUT2D eigenvalue weighted by Crippen LogP contribution is 2.24. The molecule has 0 saturated carbocycles. The summed E-state index contributed by atoms with van der Waals surface area (Å²) in [6, 6.07) is -0.0280. The van der Waals surface area contributed by atoms with Crippen molar-refractivity contribution >= 4 is 0 Å². The Bertz CT molecular complexity index is 173. The molecule has 0 aliphatic carbocycles. The number of ether oxygens (including phenoxy) is 1. The Balaban J connectivity index is 4.15. The van der Waals surface area contributed by atoms with Gasteiger partial charge in [0.1, 0.15) is 0 Å². The molecule has 92 valence electrons. The molecule has 5 heteroatoms. The molecule has 3 unspecified atom stereocenters. The number of hydrogen-bond donors (Lipinski definition) is 1. The van der Waals surface area contributed by atoms with Gasteiger partial charge in [-0.2, -0.15) is 13.2 Å². The van der Waals surface area contributed by atoms with Crippen LogP contribution in [-0.4, -0.2) is 31.0 Å². The second-order valence-electron chi connectivity index (χ2n) is 3.60. The van der Waals surface area contributed by atoms with E-state index in [-0.39, 0.29) is 6.04 Å². The molecule has 0 heterocycles. The van der Waals surface area contributed by atoms with Crippen LogP contribution >= 0.6 is 0 Å². The lowest BCUT2D eigenvalue weighted by Crippen LogP contribution is -2.43. The van der Waals surface area contributed by atoms with Crippen molar-refractivity contribution in [2.24, 2.45) is 0 Å². The monoisotopic (exact) mass is 227 g/mol. The van der Waals surface area contributed by atoms with Crippen molar-refractivity contribution < 1.29 is 17.9 Å². The molecule has 0 amide bonds. The van der Waals surface area contributed by atoms with Crippen LogP contribution in [0.3, 0.4) is 0 Å². The van der Waals surface area contributed by atoms with Gasteiger partial charge < -0.3 is 10.1 Å². The second kappa shape index (κ2) is 6.33. The van der Waals surface area contributed by atoms with E-state index >= 15 is 0 Å². The van der Waals surface area contributed by atoms with Crippen LogP contribution in [0.5, 0.6) is 0 Å². The van der Waals surface area contributed by atoms with E-state index in [1.165, 1.54) is 0 Å². The van der Waals surface area contributed by atoms with E-state index in [0.717, 1.165) is 19.9 Å². The smallest absolute Gasteiger partial charge is 0.365 e. The zero-order chi connectivity index (χ0) is 12.1. The zero-order valence-corrected chi connectivity index (χ0v) is 9.69. The fourth-order valence-corrected chi connectivity index (χ4v) is 1.40. The van der Waals surface area contributed by atoms with Gasteiger partial charge in [-0.05, 0) is 26.8 Å². The van der Waals surface area contributed by atoms with E-state index in [4.69, 9.17) is 4.74 Å². The molecule has 0 saturated heterocycles. The molecule has 0 spiro atoms. The number of rotatable bonds is 6. The fraction of sp³-hybridized carbons (Fsp3) is 1.00. The molecule has 0 radical (unpaired) electrons. The first-order valence-corrected chi connectivity index (χ1v) is 5.28. The maximum atomic E-state index is 12.2. The summed E-state index contributed by atoms with van der Waals surface area (Å²) in [5.74, 6) is 0. The molecule has 1 N–H and O–H groups in total. The summed E-state index contributed by atoms with van der Waals surface area (Å²) in [5, 5.41) is 3.10. The third-order valence-electron chi connectivity index (χ3n) is 2.35. The molecule has 0 aromatic carbocycles. The third kappa shape index (κ3) is 5.37. The first kappa shape index (κ1) is 14.7. The molecule has 0 bridgehead atoms. The highest BCUT2D eigenvalue weighted by atomic mass is 19.4. The van der Waals surface area contributed by atoms with Gasteiger partial charge >= 0.3 is 6.18 Å². The van der Waals surface area contributed by atoms with Crippen molar-refractivity contribution in [3.8, 4) is 0 Å². The van der Waals surface area contributed by atoms with Gasteiger partial charge in [0.2, 0.25) is 0 Å². The summed E-state index contributed by atoms with van der Waals surface area (Å²) >= 11 is 0. The molecule has 2 nitrogen and oxygen atoms in total.